The predicted molar refractivity (Wildman–Crippen MR) is 77.2 cm³/mol. The fourth-order valence-corrected chi connectivity index (χ4v) is 3.47. The van der Waals surface area contributed by atoms with Crippen molar-refractivity contribution in [2.24, 2.45) is 0 Å². The molecule has 0 aromatic carbocycles. The maximum atomic E-state index is 11.0. The molecule has 5 heteroatoms. The predicted octanol–water partition coefficient (Wildman–Crippen LogP) is 2.13. The van der Waals surface area contributed by atoms with E-state index >= 15 is 0 Å². The van der Waals surface area contributed by atoms with E-state index in [9.17, 15) is 4.79 Å². The number of aromatic nitrogens is 1. The molecule has 108 valence electrons. The van der Waals surface area contributed by atoms with Crippen LogP contribution in [0.2, 0.25) is 0 Å². The van der Waals surface area contributed by atoms with Crippen molar-refractivity contribution >= 4 is 11.8 Å². The molecule has 0 amide bonds. The first-order valence-corrected chi connectivity index (χ1v) is 7.36. The lowest BCUT2D eigenvalue weighted by Crippen LogP contribution is -2.41. The summed E-state index contributed by atoms with van der Waals surface area (Å²) in [6.07, 6.45) is 5.02. The summed E-state index contributed by atoms with van der Waals surface area (Å²) in [5.41, 5.74) is 0.849. The Morgan fingerprint density at radius 1 is 1.35 bits per heavy atom. The minimum atomic E-state index is -0.916. The van der Waals surface area contributed by atoms with E-state index in [1.54, 1.807) is 19.1 Å². The van der Waals surface area contributed by atoms with Gasteiger partial charge in [0.15, 0.2) is 0 Å². The van der Waals surface area contributed by atoms with Gasteiger partial charge in [-0.05, 0) is 44.9 Å². The highest BCUT2D eigenvalue weighted by molar-refractivity contribution is 5.89. The Morgan fingerprint density at radius 2 is 2.20 bits per heavy atom. The van der Waals surface area contributed by atoms with E-state index in [1.165, 1.54) is 25.8 Å². The Balaban J connectivity index is 1.72. The van der Waals surface area contributed by atoms with Gasteiger partial charge in [0.25, 0.3) is 0 Å². The number of nitrogens with zero attached hydrogens (tertiary/aromatic N) is 2. The maximum Gasteiger partial charge on any atom is 0.337 e. The smallest absolute Gasteiger partial charge is 0.337 e. The molecule has 2 aliphatic heterocycles. The van der Waals surface area contributed by atoms with Crippen molar-refractivity contribution in [3.8, 4) is 0 Å². The van der Waals surface area contributed by atoms with E-state index in [0.29, 0.717) is 17.8 Å². The third-order valence-electron chi connectivity index (χ3n) is 4.51. The van der Waals surface area contributed by atoms with Gasteiger partial charge in [-0.15, -0.1) is 0 Å². The molecule has 2 saturated heterocycles. The van der Waals surface area contributed by atoms with Gasteiger partial charge in [-0.2, -0.15) is 0 Å². The van der Waals surface area contributed by atoms with E-state index in [2.05, 4.69) is 15.2 Å². The van der Waals surface area contributed by atoms with Crippen LogP contribution in [0, 0.1) is 6.92 Å². The van der Waals surface area contributed by atoms with Crippen LogP contribution in [0.4, 0.5) is 5.82 Å². The van der Waals surface area contributed by atoms with Gasteiger partial charge in [0, 0.05) is 18.6 Å². The lowest BCUT2D eigenvalue weighted by molar-refractivity contribution is 0.0695. The summed E-state index contributed by atoms with van der Waals surface area (Å²) in [6, 6.07) is 4.48. The van der Waals surface area contributed by atoms with Crippen LogP contribution in [-0.2, 0) is 0 Å². The molecule has 2 N–H and O–H groups in total. The van der Waals surface area contributed by atoms with Gasteiger partial charge in [0.05, 0.1) is 11.3 Å². The Morgan fingerprint density at radius 3 is 2.95 bits per heavy atom. The number of nitrogens with one attached hydrogen (secondary N) is 1. The summed E-state index contributed by atoms with van der Waals surface area (Å²) in [5, 5.41) is 12.5. The molecule has 0 radical (unpaired) electrons. The first-order chi connectivity index (χ1) is 9.65. The fourth-order valence-electron chi connectivity index (χ4n) is 3.47. The number of pyridine rings is 1. The summed E-state index contributed by atoms with van der Waals surface area (Å²) in [4.78, 5) is 18.0. The third-order valence-corrected chi connectivity index (χ3v) is 4.51. The Kier molecular flexibility index (Phi) is 3.61. The van der Waals surface area contributed by atoms with Gasteiger partial charge in [0.1, 0.15) is 5.82 Å². The maximum absolute atomic E-state index is 11.0. The molecular formula is C15H21N3O2. The van der Waals surface area contributed by atoms with E-state index in [4.69, 9.17) is 5.11 Å². The number of carboxylic acid groups (broad SMARTS) is 1. The summed E-state index contributed by atoms with van der Waals surface area (Å²) in [7, 11) is 0. The molecule has 2 fully saturated rings. The quantitative estimate of drug-likeness (QED) is 0.884. The molecule has 1 aromatic rings. The lowest BCUT2D eigenvalue weighted by Gasteiger charge is -2.32. The molecule has 2 atom stereocenters. The number of fused-ring (bicyclic) bond motifs is 1. The average Bonchev–Trinajstić information content (AvgIpc) is 2.82. The molecule has 0 spiro atoms. The highest BCUT2D eigenvalue weighted by atomic mass is 16.4. The first kappa shape index (κ1) is 13.4. The van der Waals surface area contributed by atoms with Gasteiger partial charge < -0.3 is 10.4 Å². The highest BCUT2D eigenvalue weighted by Crippen LogP contribution is 2.29. The molecule has 0 saturated carbocycles. The molecule has 2 aliphatic rings. The SMILES string of the molecule is Cc1nc(NC2CCN3CCCCC23)ccc1C(=O)O. The lowest BCUT2D eigenvalue weighted by atomic mass is 9.99. The number of aryl methyl sites for hydroxylation is 1. The van der Waals surface area contributed by atoms with Crippen molar-refractivity contribution in [3.05, 3.63) is 23.4 Å². The van der Waals surface area contributed by atoms with Crippen molar-refractivity contribution in [1.82, 2.24) is 9.88 Å². The molecule has 1 aromatic heterocycles. The molecule has 5 nitrogen and oxygen atoms in total. The Hall–Kier alpha value is -1.62. The van der Waals surface area contributed by atoms with E-state index in [1.807, 2.05) is 0 Å². The number of aromatic carboxylic acids is 1. The summed E-state index contributed by atoms with van der Waals surface area (Å²) in [6.45, 7) is 4.12. The monoisotopic (exact) mass is 275 g/mol. The van der Waals surface area contributed by atoms with Crippen LogP contribution in [-0.4, -0.2) is 46.1 Å². The van der Waals surface area contributed by atoms with Crippen LogP contribution in [0.3, 0.4) is 0 Å². The summed E-state index contributed by atoms with van der Waals surface area (Å²) >= 11 is 0. The topological polar surface area (TPSA) is 65.5 Å². The van der Waals surface area contributed by atoms with Crippen LogP contribution < -0.4 is 5.32 Å². The van der Waals surface area contributed by atoms with Crippen molar-refractivity contribution in [2.45, 2.75) is 44.7 Å². The molecule has 2 unspecified atom stereocenters. The molecule has 3 heterocycles. The zero-order valence-corrected chi connectivity index (χ0v) is 11.8. The second-order valence-electron chi connectivity index (χ2n) is 5.77. The number of anilines is 1. The van der Waals surface area contributed by atoms with Crippen LogP contribution in [0.25, 0.3) is 0 Å². The third kappa shape index (κ3) is 2.50. The summed E-state index contributed by atoms with van der Waals surface area (Å²) < 4.78 is 0. The number of carboxylic acids is 1. The van der Waals surface area contributed by atoms with Crippen LogP contribution >= 0.6 is 0 Å². The van der Waals surface area contributed by atoms with Crippen LogP contribution in [0.15, 0.2) is 12.1 Å². The minimum Gasteiger partial charge on any atom is -0.478 e. The standard InChI is InChI=1S/C15H21N3O2/c1-10-11(15(19)20)5-6-14(16-10)17-12-7-9-18-8-3-2-4-13(12)18/h5-6,12-13H,2-4,7-9H2,1H3,(H,16,17)(H,19,20). The van der Waals surface area contributed by atoms with Crippen molar-refractivity contribution in [2.75, 3.05) is 18.4 Å². The first-order valence-electron chi connectivity index (χ1n) is 7.36. The largest absolute Gasteiger partial charge is 0.478 e. The van der Waals surface area contributed by atoms with Gasteiger partial charge in [0.2, 0.25) is 0 Å². The van der Waals surface area contributed by atoms with Crippen molar-refractivity contribution < 1.29 is 9.90 Å². The van der Waals surface area contributed by atoms with Crippen molar-refractivity contribution in [3.63, 3.8) is 0 Å². The van der Waals surface area contributed by atoms with E-state index < -0.39 is 5.97 Å². The second kappa shape index (κ2) is 5.40. The number of hydrogen-bond acceptors (Lipinski definition) is 4. The number of carbonyl (C=O) groups is 1. The number of piperidine rings is 1. The fraction of sp³-hybridized carbons (Fsp3) is 0.600. The summed E-state index contributed by atoms with van der Waals surface area (Å²) in [5.74, 6) is -0.120. The molecular weight excluding hydrogens is 254 g/mol. The van der Waals surface area contributed by atoms with Gasteiger partial charge in [-0.1, -0.05) is 6.42 Å². The Labute approximate surface area is 119 Å². The normalized spacial score (nSPS) is 26.2. The van der Waals surface area contributed by atoms with E-state index in [0.717, 1.165) is 18.8 Å². The average molecular weight is 275 g/mol. The van der Waals surface area contributed by atoms with Gasteiger partial charge >= 0.3 is 5.97 Å². The Bertz CT molecular complexity index is 518. The molecule has 0 bridgehead atoms. The highest BCUT2D eigenvalue weighted by Gasteiger charge is 2.35. The molecule has 3 rings (SSSR count). The number of rotatable bonds is 3. The van der Waals surface area contributed by atoms with Crippen LogP contribution in [0.5, 0.6) is 0 Å². The van der Waals surface area contributed by atoms with Crippen LogP contribution in [0.1, 0.15) is 41.7 Å². The van der Waals surface area contributed by atoms with Gasteiger partial charge in [-0.3, -0.25) is 4.90 Å². The zero-order valence-electron chi connectivity index (χ0n) is 11.8. The zero-order chi connectivity index (χ0) is 14.1. The molecule has 20 heavy (non-hydrogen) atoms. The number of hydrogen-bond donors (Lipinski definition) is 2. The van der Waals surface area contributed by atoms with Gasteiger partial charge in [-0.25, -0.2) is 9.78 Å². The minimum absolute atomic E-state index is 0.279. The van der Waals surface area contributed by atoms with E-state index in [-0.39, 0.29) is 5.56 Å². The second-order valence-corrected chi connectivity index (χ2v) is 5.77. The molecule has 0 aliphatic carbocycles. The van der Waals surface area contributed by atoms with Crippen molar-refractivity contribution in [1.29, 1.82) is 0 Å².